The lowest BCUT2D eigenvalue weighted by Gasteiger charge is -2.15. The molecule has 1 aliphatic rings. The van der Waals surface area contributed by atoms with Gasteiger partial charge < -0.3 is 14.6 Å². The molecular weight excluding hydrogens is 332 g/mol. The maximum atomic E-state index is 12.0. The molecule has 0 bridgehead atoms. The van der Waals surface area contributed by atoms with E-state index in [1.165, 1.54) is 0 Å². The highest BCUT2D eigenvalue weighted by Crippen LogP contribution is 2.35. The Morgan fingerprint density at radius 3 is 2.15 bits per heavy atom. The minimum Gasteiger partial charge on any atom is -0.505 e. The van der Waals surface area contributed by atoms with Crippen molar-refractivity contribution in [2.75, 3.05) is 0 Å². The molecule has 0 amide bonds. The van der Waals surface area contributed by atoms with Crippen molar-refractivity contribution in [2.45, 2.75) is 26.9 Å². The molecule has 1 heterocycles. The second-order valence-electron chi connectivity index (χ2n) is 7.13. The highest BCUT2D eigenvalue weighted by molar-refractivity contribution is 5.93. The third-order valence-corrected chi connectivity index (χ3v) is 4.02. The first-order valence-corrected chi connectivity index (χ1v) is 8.29. The molecule has 1 atom stereocenters. The Labute approximate surface area is 151 Å². The first kappa shape index (κ1) is 17.7. The molecule has 1 aliphatic heterocycles. The van der Waals surface area contributed by atoms with E-state index in [1.807, 2.05) is 42.5 Å². The average molecular weight is 352 g/mol. The third-order valence-electron chi connectivity index (χ3n) is 4.02. The number of hydrogen-bond acceptors (Lipinski definition) is 5. The molecule has 0 spiro atoms. The van der Waals surface area contributed by atoms with Crippen LogP contribution >= 0.6 is 0 Å². The van der Waals surface area contributed by atoms with E-state index in [4.69, 9.17) is 9.47 Å². The topological polar surface area (TPSA) is 72.8 Å². The summed E-state index contributed by atoms with van der Waals surface area (Å²) >= 11 is 0. The number of hydrogen-bond donors (Lipinski definition) is 1. The van der Waals surface area contributed by atoms with Crippen LogP contribution in [0, 0.1) is 5.41 Å². The van der Waals surface area contributed by atoms with Gasteiger partial charge in [-0.2, -0.15) is 0 Å². The molecule has 26 heavy (non-hydrogen) atoms. The van der Waals surface area contributed by atoms with Crippen LogP contribution < -0.4 is 0 Å². The maximum Gasteiger partial charge on any atom is 0.379 e. The molecule has 2 aromatic carbocycles. The van der Waals surface area contributed by atoms with E-state index in [0.29, 0.717) is 5.56 Å². The van der Waals surface area contributed by atoms with Crippen LogP contribution in [0.4, 0.5) is 0 Å². The van der Waals surface area contributed by atoms with Crippen molar-refractivity contribution in [3.8, 4) is 11.1 Å². The van der Waals surface area contributed by atoms with Crippen LogP contribution in [0.15, 0.2) is 66.1 Å². The molecule has 0 aromatic heterocycles. The highest BCUT2D eigenvalue weighted by Gasteiger charge is 2.40. The second-order valence-corrected chi connectivity index (χ2v) is 7.13. The van der Waals surface area contributed by atoms with Gasteiger partial charge in [-0.1, -0.05) is 54.6 Å². The SMILES string of the molecule is CC(C)(C)C(=O)OC1=C(O)[C@@H](c2ccc(-c3ccccc3)cc2)OC1=O. The Kier molecular flexibility index (Phi) is 4.55. The van der Waals surface area contributed by atoms with E-state index < -0.39 is 29.2 Å². The Morgan fingerprint density at radius 1 is 1.00 bits per heavy atom. The number of carbonyl (C=O) groups excluding carboxylic acids is 2. The van der Waals surface area contributed by atoms with E-state index in [9.17, 15) is 14.7 Å². The molecule has 0 radical (unpaired) electrons. The standard InChI is InChI=1S/C21H20O5/c1-21(2,3)20(24)26-18-16(22)17(25-19(18)23)15-11-9-14(10-12-15)13-7-5-4-6-8-13/h4-12,17,22H,1-3H3/t17-/m1/s1. The molecule has 0 unspecified atom stereocenters. The number of aliphatic hydroxyl groups excluding tert-OH is 1. The lowest BCUT2D eigenvalue weighted by Crippen LogP contribution is -2.24. The predicted molar refractivity (Wildman–Crippen MR) is 95.9 cm³/mol. The Morgan fingerprint density at radius 2 is 1.58 bits per heavy atom. The summed E-state index contributed by atoms with van der Waals surface area (Å²) < 4.78 is 10.3. The van der Waals surface area contributed by atoms with Crippen LogP contribution in [-0.4, -0.2) is 17.0 Å². The van der Waals surface area contributed by atoms with Crippen LogP contribution in [0.1, 0.15) is 32.4 Å². The fourth-order valence-electron chi connectivity index (χ4n) is 2.49. The fourth-order valence-corrected chi connectivity index (χ4v) is 2.49. The van der Waals surface area contributed by atoms with E-state index in [-0.39, 0.29) is 5.76 Å². The van der Waals surface area contributed by atoms with E-state index in [1.54, 1.807) is 32.9 Å². The fraction of sp³-hybridized carbons (Fsp3) is 0.238. The molecule has 1 N–H and O–H groups in total. The van der Waals surface area contributed by atoms with E-state index in [2.05, 4.69) is 0 Å². The van der Waals surface area contributed by atoms with Crippen molar-refractivity contribution in [2.24, 2.45) is 5.41 Å². The van der Waals surface area contributed by atoms with Crippen molar-refractivity contribution in [3.63, 3.8) is 0 Å². The van der Waals surface area contributed by atoms with Gasteiger partial charge in [-0.25, -0.2) is 4.79 Å². The lowest BCUT2D eigenvalue weighted by atomic mass is 9.97. The Hall–Kier alpha value is -3.08. The largest absolute Gasteiger partial charge is 0.505 e. The minimum atomic E-state index is -0.977. The molecule has 0 aliphatic carbocycles. The first-order valence-electron chi connectivity index (χ1n) is 8.29. The number of esters is 2. The quantitative estimate of drug-likeness (QED) is 0.833. The Balaban J connectivity index is 1.84. The smallest absolute Gasteiger partial charge is 0.379 e. The molecular formula is C21H20O5. The highest BCUT2D eigenvalue weighted by atomic mass is 16.6. The van der Waals surface area contributed by atoms with E-state index in [0.717, 1.165) is 11.1 Å². The van der Waals surface area contributed by atoms with Crippen molar-refractivity contribution in [3.05, 3.63) is 71.7 Å². The first-order chi connectivity index (χ1) is 12.3. The second kappa shape index (κ2) is 6.67. The van der Waals surface area contributed by atoms with Gasteiger partial charge in [0.15, 0.2) is 11.9 Å². The van der Waals surface area contributed by atoms with Crippen molar-refractivity contribution in [1.29, 1.82) is 0 Å². The van der Waals surface area contributed by atoms with Gasteiger partial charge in [-0.3, -0.25) is 4.79 Å². The molecule has 5 nitrogen and oxygen atoms in total. The van der Waals surface area contributed by atoms with E-state index >= 15 is 0 Å². The summed E-state index contributed by atoms with van der Waals surface area (Å²) in [5.74, 6) is -2.30. The number of benzene rings is 2. The average Bonchev–Trinajstić information content (AvgIpc) is 2.90. The minimum absolute atomic E-state index is 0.389. The molecule has 0 fully saturated rings. The van der Waals surface area contributed by atoms with Gasteiger partial charge in [0.25, 0.3) is 5.76 Å². The number of rotatable bonds is 3. The van der Waals surface area contributed by atoms with Crippen LogP contribution in [0.5, 0.6) is 0 Å². The summed E-state index contributed by atoms with van der Waals surface area (Å²) in [5.41, 5.74) is 1.85. The lowest BCUT2D eigenvalue weighted by molar-refractivity contribution is -0.155. The molecule has 134 valence electrons. The van der Waals surface area contributed by atoms with Gasteiger partial charge in [-0.05, 0) is 31.9 Å². The molecule has 3 rings (SSSR count). The predicted octanol–water partition coefficient (Wildman–Crippen LogP) is 4.31. The zero-order valence-corrected chi connectivity index (χ0v) is 14.9. The van der Waals surface area contributed by atoms with Crippen LogP contribution in [-0.2, 0) is 19.1 Å². The molecule has 0 saturated carbocycles. The summed E-state index contributed by atoms with van der Waals surface area (Å²) in [4.78, 5) is 24.0. The number of carbonyl (C=O) groups is 2. The van der Waals surface area contributed by atoms with Crippen LogP contribution in [0.25, 0.3) is 11.1 Å². The summed E-state index contributed by atoms with van der Waals surface area (Å²) in [6.45, 7) is 4.98. The van der Waals surface area contributed by atoms with Crippen molar-refractivity contribution < 1.29 is 24.2 Å². The van der Waals surface area contributed by atoms with Crippen LogP contribution in [0.3, 0.4) is 0 Å². The Bertz CT molecular complexity index is 858. The van der Waals surface area contributed by atoms with Gasteiger partial charge in [0, 0.05) is 5.56 Å². The zero-order valence-electron chi connectivity index (χ0n) is 14.9. The summed E-state index contributed by atoms with van der Waals surface area (Å²) in [5, 5.41) is 10.3. The normalized spacial score (nSPS) is 17.2. The molecule has 2 aromatic rings. The zero-order chi connectivity index (χ0) is 18.9. The van der Waals surface area contributed by atoms with Crippen molar-refractivity contribution >= 4 is 11.9 Å². The van der Waals surface area contributed by atoms with Gasteiger partial charge in [0.05, 0.1) is 5.41 Å². The van der Waals surface area contributed by atoms with Gasteiger partial charge in [-0.15, -0.1) is 0 Å². The molecule has 0 saturated heterocycles. The molecule has 5 heteroatoms. The number of aliphatic hydroxyl groups is 1. The van der Waals surface area contributed by atoms with Crippen LogP contribution in [0.2, 0.25) is 0 Å². The van der Waals surface area contributed by atoms with Gasteiger partial charge >= 0.3 is 11.9 Å². The van der Waals surface area contributed by atoms with Gasteiger partial charge in [0.1, 0.15) is 0 Å². The summed E-state index contributed by atoms with van der Waals surface area (Å²) in [6.07, 6.45) is -0.977. The third kappa shape index (κ3) is 3.47. The van der Waals surface area contributed by atoms with Gasteiger partial charge in [0.2, 0.25) is 0 Å². The maximum absolute atomic E-state index is 12.0. The summed E-state index contributed by atoms with van der Waals surface area (Å²) in [6, 6.07) is 17.1. The van der Waals surface area contributed by atoms with Crippen molar-refractivity contribution in [1.82, 2.24) is 0 Å². The summed E-state index contributed by atoms with van der Waals surface area (Å²) in [7, 11) is 0. The monoisotopic (exact) mass is 352 g/mol. The number of cyclic esters (lactones) is 1. The number of ether oxygens (including phenoxy) is 2.